The number of nitrogens with two attached hydrogens (primary N) is 1. The van der Waals surface area contributed by atoms with E-state index in [0.29, 0.717) is 11.0 Å². The monoisotopic (exact) mass is 304 g/mol. The zero-order chi connectivity index (χ0) is 15.2. The van der Waals surface area contributed by atoms with Crippen molar-refractivity contribution in [3.05, 3.63) is 40.9 Å². The fourth-order valence-electron chi connectivity index (χ4n) is 2.01. The average molecular weight is 304 g/mol. The third kappa shape index (κ3) is 4.34. The Labute approximate surface area is 128 Å². The number of carbonyl (C=O) groups excluding carboxylic acids is 1. The molecule has 0 radical (unpaired) electrons. The van der Waals surface area contributed by atoms with Crippen LogP contribution in [0.3, 0.4) is 0 Å². The van der Waals surface area contributed by atoms with Gasteiger partial charge in [-0.2, -0.15) is 0 Å². The smallest absolute Gasteiger partial charge is 0.235 e. The SMILES string of the molecule is CC(C)Cc1nnc(NC(=O)C(CN)c2ccccc2)s1. The number of nitrogens with one attached hydrogen (secondary N) is 1. The highest BCUT2D eigenvalue weighted by molar-refractivity contribution is 7.15. The first kappa shape index (κ1) is 15.6. The van der Waals surface area contributed by atoms with E-state index in [2.05, 4.69) is 29.4 Å². The van der Waals surface area contributed by atoms with E-state index < -0.39 is 0 Å². The lowest BCUT2D eigenvalue weighted by Crippen LogP contribution is -2.27. The lowest BCUT2D eigenvalue weighted by molar-refractivity contribution is -0.117. The van der Waals surface area contributed by atoms with Crippen molar-refractivity contribution >= 4 is 22.4 Å². The van der Waals surface area contributed by atoms with Crippen molar-refractivity contribution in [1.29, 1.82) is 0 Å². The van der Waals surface area contributed by atoms with Crippen LogP contribution in [0.15, 0.2) is 30.3 Å². The predicted octanol–water partition coefficient (Wildman–Crippen LogP) is 2.42. The summed E-state index contributed by atoms with van der Waals surface area (Å²) < 4.78 is 0. The maximum Gasteiger partial charge on any atom is 0.235 e. The summed E-state index contributed by atoms with van der Waals surface area (Å²) in [6, 6.07) is 9.52. The van der Waals surface area contributed by atoms with Crippen molar-refractivity contribution < 1.29 is 4.79 Å². The van der Waals surface area contributed by atoms with Crippen LogP contribution >= 0.6 is 11.3 Å². The zero-order valence-corrected chi connectivity index (χ0v) is 13.1. The second-order valence-corrected chi connectivity index (χ2v) is 6.35. The third-order valence-electron chi connectivity index (χ3n) is 3.03. The molecule has 0 spiro atoms. The Kier molecular flexibility index (Phi) is 5.41. The summed E-state index contributed by atoms with van der Waals surface area (Å²) in [5.74, 6) is 0.00204. The molecule has 3 N–H and O–H groups in total. The van der Waals surface area contributed by atoms with Gasteiger partial charge in [-0.1, -0.05) is 55.5 Å². The number of hydrogen-bond donors (Lipinski definition) is 2. The van der Waals surface area contributed by atoms with Crippen molar-refractivity contribution in [2.24, 2.45) is 11.7 Å². The van der Waals surface area contributed by atoms with E-state index in [9.17, 15) is 4.79 Å². The summed E-state index contributed by atoms with van der Waals surface area (Å²) in [6.45, 7) is 4.51. The molecular weight excluding hydrogens is 284 g/mol. The first-order valence-corrected chi connectivity index (χ1v) is 7.80. The minimum absolute atomic E-state index is 0.143. The fourth-order valence-corrected chi connectivity index (χ4v) is 2.96. The molecule has 1 aromatic carbocycles. The van der Waals surface area contributed by atoms with E-state index in [1.807, 2.05) is 30.3 Å². The van der Waals surface area contributed by atoms with E-state index in [1.165, 1.54) is 11.3 Å². The molecule has 1 aromatic heterocycles. The van der Waals surface area contributed by atoms with Crippen LogP contribution in [0.25, 0.3) is 0 Å². The van der Waals surface area contributed by atoms with Crippen LogP contribution in [0.1, 0.15) is 30.3 Å². The van der Waals surface area contributed by atoms with Gasteiger partial charge < -0.3 is 5.73 Å². The van der Waals surface area contributed by atoms with Gasteiger partial charge in [-0.3, -0.25) is 10.1 Å². The van der Waals surface area contributed by atoms with Gasteiger partial charge in [-0.25, -0.2) is 0 Å². The lowest BCUT2D eigenvalue weighted by atomic mass is 9.99. The lowest BCUT2D eigenvalue weighted by Gasteiger charge is -2.13. The van der Waals surface area contributed by atoms with Gasteiger partial charge in [0.15, 0.2) is 0 Å². The molecule has 0 bridgehead atoms. The van der Waals surface area contributed by atoms with E-state index in [1.54, 1.807) is 0 Å². The molecule has 0 saturated carbocycles. The van der Waals surface area contributed by atoms with Crippen LogP contribution < -0.4 is 11.1 Å². The molecule has 5 nitrogen and oxygen atoms in total. The second kappa shape index (κ2) is 7.28. The molecule has 1 amide bonds. The van der Waals surface area contributed by atoms with Crippen LogP contribution in [0.5, 0.6) is 0 Å². The molecule has 0 aliphatic carbocycles. The Morgan fingerprint density at radius 1 is 1.29 bits per heavy atom. The van der Waals surface area contributed by atoms with Gasteiger partial charge >= 0.3 is 0 Å². The third-order valence-corrected chi connectivity index (χ3v) is 3.89. The minimum Gasteiger partial charge on any atom is -0.329 e. The van der Waals surface area contributed by atoms with Gasteiger partial charge in [0.1, 0.15) is 5.01 Å². The molecule has 1 heterocycles. The molecule has 0 saturated heterocycles. The fraction of sp³-hybridized carbons (Fsp3) is 0.400. The maximum atomic E-state index is 12.3. The molecule has 1 atom stereocenters. The van der Waals surface area contributed by atoms with Gasteiger partial charge in [-0.15, -0.1) is 10.2 Å². The van der Waals surface area contributed by atoms with Crippen LogP contribution in [0, 0.1) is 5.92 Å². The average Bonchev–Trinajstić information content (AvgIpc) is 2.87. The van der Waals surface area contributed by atoms with Crippen molar-refractivity contribution in [3.63, 3.8) is 0 Å². The highest BCUT2D eigenvalue weighted by Crippen LogP contribution is 2.21. The Balaban J connectivity index is 2.04. The molecule has 21 heavy (non-hydrogen) atoms. The van der Waals surface area contributed by atoms with Gasteiger partial charge in [-0.05, 0) is 11.5 Å². The van der Waals surface area contributed by atoms with E-state index in [-0.39, 0.29) is 18.4 Å². The van der Waals surface area contributed by atoms with Crippen LogP contribution in [-0.4, -0.2) is 22.6 Å². The minimum atomic E-state index is -0.372. The van der Waals surface area contributed by atoms with Crippen molar-refractivity contribution in [1.82, 2.24) is 10.2 Å². The molecule has 112 valence electrons. The Hall–Kier alpha value is -1.79. The van der Waals surface area contributed by atoms with Crippen LogP contribution in [0.4, 0.5) is 5.13 Å². The molecule has 2 aromatic rings. The van der Waals surface area contributed by atoms with Gasteiger partial charge in [0, 0.05) is 13.0 Å². The van der Waals surface area contributed by atoms with Gasteiger partial charge in [0.05, 0.1) is 5.92 Å². The number of amides is 1. The van der Waals surface area contributed by atoms with E-state index in [4.69, 9.17) is 5.73 Å². The van der Waals surface area contributed by atoms with Crippen molar-refractivity contribution in [2.75, 3.05) is 11.9 Å². The molecular formula is C15H20N4OS. The highest BCUT2D eigenvalue weighted by atomic mass is 32.1. The molecule has 1 unspecified atom stereocenters. The largest absolute Gasteiger partial charge is 0.329 e. The van der Waals surface area contributed by atoms with Crippen LogP contribution in [0.2, 0.25) is 0 Å². The number of nitrogens with zero attached hydrogens (tertiary/aromatic N) is 2. The number of hydrogen-bond acceptors (Lipinski definition) is 5. The summed E-state index contributed by atoms with van der Waals surface area (Å²) in [5, 5.41) is 12.4. The predicted molar refractivity (Wildman–Crippen MR) is 85.3 cm³/mol. The summed E-state index contributed by atoms with van der Waals surface area (Å²) in [6.07, 6.45) is 0.868. The van der Waals surface area contributed by atoms with Gasteiger partial charge in [0.25, 0.3) is 0 Å². The first-order chi connectivity index (χ1) is 10.1. The highest BCUT2D eigenvalue weighted by Gasteiger charge is 2.20. The van der Waals surface area contributed by atoms with Crippen LogP contribution in [-0.2, 0) is 11.2 Å². The zero-order valence-electron chi connectivity index (χ0n) is 12.2. The summed E-state index contributed by atoms with van der Waals surface area (Å²) in [5.41, 5.74) is 6.64. The quantitative estimate of drug-likeness (QED) is 0.859. The molecule has 0 fully saturated rings. The summed E-state index contributed by atoms with van der Waals surface area (Å²) >= 11 is 1.42. The summed E-state index contributed by atoms with van der Waals surface area (Å²) in [4.78, 5) is 12.3. The van der Waals surface area contributed by atoms with Crippen molar-refractivity contribution in [3.8, 4) is 0 Å². The standard InChI is InChI=1S/C15H20N4OS/c1-10(2)8-13-18-19-15(21-13)17-14(20)12(9-16)11-6-4-3-5-7-11/h3-7,10,12H,8-9,16H2,1-2H3,(H,17,19,20). The Bertz CT molecular complexity index is 582. The molecule has 2 rings (SSSR count). The maximum absolute atomic E-state index is 12.3. The number of benzene rings is 1. The topological polar surface area (TPSA) is 80.9 Å². The Morgan fingerprint density at radius 2 is 2.00 bits per heavy atom. The number of rotatable bonds is 6. The summed E-state index contributed by atoms with van der Waals surface area (Å²) in [7, 11) is 0. The second-order valence-electron chi connectivity index (χ2n) is 5.29. The number of aromatic nitrogens is 2. The normalized spacial score (nSPS) is 12.4. The molecule has 0 aliphatic heterocycles. The Morgan fingerprint density at radius 3 is 2.62 bits per heavy atom. The van der Waals surface area contributed by atoms with Gasteiger partial charge in [0.2, 0.25) is 11.0 Å². The number of carbonyl (C=O) groups is 1. The van der Waals surface area contributed by atoms with E-state index >= 15 is 0 Å². The number of anilines is 1. The van der Waals surface area contributed by atoms with Crippen molar-refractivity contribution in [2.45, 2.75) is 26.2 Å². The first-order valence-electron chi connectivity index (χ1n) is 6.98. The molecule has 0 aliphatic rings. The molecule has 6 heteroatoms. The van der Waals surface area contributed by atoms with E-state index in [0.717, 1.165) is 17.0 Å².